The molecule has 10 heteroatoms. The zero-order valence-electron chi connectivity index (χ0n) is 20.8. The number of carbonyl (C=O) groups excluding carboxylic acids is 1. The van der Waals surface area contributed by atoms with Crippen LogP contribution in [0, 0.1) is 17.2 Å². The Labute approximate surface area is 221 Å². The second-order valence-electron chi connectivity index (χ2n) is 9.04. The van der Waals surface area contributed by atoms with Gasteiger partial charge in [-0.3, -0.25) is 0 Å². The second kappa shape index (κ2) is 13.7. The average Bonchev–Trinajstić information content (AvgIpc) is 3.53. The minimum Gasteiger partial charge on any atom is -0.497 e. The van der Waals surface area contributed by atoms with Gasteiger partial charge < -0.3 is 29.4 Å². The van der Waals surface area contributed by atoms with Crippen LogP contribution in [0.2, 0.25) is 0 Å². The Morgan fingerprint density at radius 1 is 1.24 bits per heavy atom. The van der Waals surface area contributed by atoms with Crippen molar-refractivity contribution in [3.63, 3.8) is 0 Å². The topological polar surface area (TPSA) is 113 Å². The SMILES string of the molecule is COc1ccc(SN(CCC#N)C[C@@H](O)[C@H](Cc2ccccc2)NC(=O)O[C@H]2CO[C@H]3OCC[C@H]32)cc1. The summed E-state index contributed by atoms with van der Waals surface area (Å²) in [6.07, 6.45) is -0.679. The van der Waals surface area contributed by atoms with Gasteiger partial charge in [-0.25, -0.2) is 9.10 Å². The fourth-order valence-electron chi connectivity index (χ4n) is 4.49. The molecule has 0 bridgehead atoms. The molecule has 0 saturated carbocycles. The van der Waals surface area contributed by atoms with Crippen LogP contribution < -0.4 is 10.1 Å². The molecule has 4 rings (SSSR count). The quantitative estimate of drug-likeness (QED) is 0.401. The summed E-state index contributed by atoms with van der Waals surface area (Å²) in [7, 11) is 1.61. The molecule has 5 atom stereocenters. The molecule has 2 heterocycles. The van der Waals surface area contributed by atoms with E-state index in [1.165, 1.54) is 11.9 Å². The van der Waals surface area contributed by atoms with E-state index < -0.39 is 18.2 Å². The lowest BCUT2D eigenvalue weighted by Crippen LogP contribution is -2.49. The van der Waals surface area contributed by atoms with E-state index in [1.54, 1.807) is 7.11 Å². The summed E-state index contributed by atoms with van der Waals surface area (Å²) in [6.45, 7) is 1.59. The Morgan fingerprint density at radius 3 is 2.76 bits per heavy atom. The van der Waals surface area contributed by atoms with Crippen LogP contribution in [0.3, 0.4) is 0 Å². The van der Waals surface area contributed by atoms with E-state index in [0.29, 0.717) is 32.6 Å². The number of carbonyl (C=O) groups is 1. The van der Waals surface area contributed by atoms with Crippen LogP contribution in [0.5, 0.6) is 5.75 Å². The van der Waals surface area contributed by atoms with Gasteiger partial charge >= 0.3 is 6.09 Å². The van der Waals surface area contributed by atoms with Crippen molar-refractivity contribution in [2.45, 2.75) is 48.7 Å². The number of aliphatic hydroxyl groups is 1. The van der Waals surface area contributed by atoms with Crippen molar-refractivity contribution in [1.29, 1.82) is 5.26 Å². The number of ether oxygens (including phenoxy) is 4. The number of alkyl carbamates (subject to hydrolysis) is 1. The van der Waals surface area contributed by atoms with Gasteiger partial charge in [-0.2, -0.15) is 5.26 Å². The van der Waals surface area contributed by atoms with E-state index >= 15 is 0 Å². The van der Waals surface area contributed by atoms with E-state index in [4.69, 9.17) is 24.2 Å². The number of benzene rings is 2. The van der Waals surface area contributed by atoms with Crippen LogP contribution in [-0.4, -0.2) is 73.5 Å². The fraction of sp³-hybridized carbons (Fsp3) is 0.481. The van der Waals surface area contributed by atoms with Gasteiger partial charge in [0.2, 0.25) is 0 Å². The molecule has 2 saturated heterocycles. The number of aliphatic hydroxyl groups excluding tert-OH is 1. The highest BCUT2D eigenvalue weighted by Gasteiger charge is 2.44. The standard InChI is InChI=1S/C27H33N3O6S/c1-33-20-8-10-21(11-9-20)37-30(14-5-13-28)17-24(31)23(16-19-6-3-2-4-7-19)29-27(32)36-25-18-35-26-22(25)12-15-34-26/h2-4,6-11,22-26,31H,5,12,14-18H2,1H3,(H,29,32)/t22-,23-,24+,25-,26+/m0/s1. The van der Waals surface area contributed by atoms with Crippen molar-refractivity contribution in [1.82, 2.24) is 9.62 Å². The van der Waals surface area contributed by atoms with Gasteiger partial charge in [0.15, 0.2) is 6.29 Å². The normalized spacial score (nSPS) is 22.2. The van der Waals surface area contributed by atoms with Crippen LogP contribution in [0.25, 0.3) is 0 Å². The van der Waals surface area contributed by atoms with E-state index in [0.717, 1.165) is 22.6 Å². The van der Waals surface area contributed by atoms with Gasteiger partial charge in [0.25, 0.3) is 0 Å². The van der Waals surface area contributed by atoms with Gasteiger partial charge in [0.1, 0.15) is 11.9 Å². The highest BCUT2D eigenvalue weighted by Crippen LogP contribution is 2.33. The minimum absolute atomic E-state index is 0.0330. The number of rotatable bonds is 12. The Morgan fingerprint density at radius 2 is 2.03 bits per heavy atom. The maximum absolute atomic E-state index is 12.9. The molecule has 2 aliphatic rings. The molecule has 0 radical (unpaired) electrons. The van der Waals surface area contributed by atoms with E-state index in [9.17, 15) is 9.90 Å². The minimum atomic E-state index is -0.917. The lowest BCUT2D eigenvalue weighted by molar-refractivity contribution is -0.0907. The van der Waals surface area contributed by atoms with Crippen LogP contribution in [0.15, 0.2) is 59.5 Å². The maximum Gasteiger partial charge on any atom is 0.407 e. The summed E-state index contributed by atoms with van der Waals surface area (Å²) >= 11 is 1.45. The summed E-state index contributed by atoms with van der Waals surface area (Å²) in [6, 6.07) is 18.8. The summed E-state index contributed by atoms with van der Waals surface area (Å²) in [5.41, 5.74) is 0.978. The first kappa shape index (κ1) is 27.2. The Bertz CT molecular complexity index is 1030. The Hall–Kier alpha value is -2.81. The summed E-state index contributed by atoms with van der Waals surface area (Å²) in [5.74, 6) is 0.785. The van der Waals surface area contributed by atoms with Crippen LogP contribution >= 0.6 is 11.9 Å². The van der Waals surface area contributed by atoms with Crippen molar-refractivity contribution < 1.29 is 28.8 Å². The smallest absolute Gasteiger partial charge is 0.407 e. The number of nitrogens with zero attached hydrogens (tertiary/aromatic N) is 2. The van der Waals surface area contributed by atoms with Gasteiger partial charge in [-0.1, -0.05) is 30.3 Å². The maximum atomic E-state index is 12.9. The largest absolute Gasteiger partial charge is 0.497 e. The third-order valence-electron chi connectivity index (χ3n) is 6.47. The zero-order chi connectivity index (χ0) is 26.0. The molecule has 0 aromatic heterocycles. The summed E-state index contributed by atoms with van der Waals surface area (Å²) < 4.78 is 23.9. The highest BCUT2D eigenvalue weighted by atomic mass is 32.2. The molecule has 2 aromatic rings. The predicted molar refractivity (Wildman–Crippen MR) is 138 cm³/mol. The molecule has 0 unspecified atom stereocenters. The Kier molecular flexibility index (Phi) is 10.0. The van der Waals surface area contributed by atoms with Crippen molar-refractivity contribution >= 4 is 18.0 Å². The number of nitrogens with one attached hydrogen (secondary N) is 1. The Balaban J connectivity index is 1.42. The van der Waals surface area contributed by atoms with E-state index in [1.807, 2.05) is 58.9 Å². The first-order valence-electron chi connectivity index (χ1n) is 12.4. The van der Waals surface area contributed by atoms with Crippen LogP contribution in [-0.2, 0) is 20.6 Å². The van der Waals surface area contributed by atoms with Crippen LogP contribution in [0.4, 0.5) is 4.79 Å². The molecule has 0 aliphatic carbocycles. The third kappa shape index (κ3) is 7.84. The molecule has 2 aromatic carbocycles. The summed E-state index contributed by atoms with van der Waals surface area (Å²) in [5, 5.41) is 23.3. The lowest BCUT2D eigenvalue weighted by Gasteiger charge is -2.29. The monoisotopic (exact) mass is 527 g/mol. The molecular formula is C27H33N3O6S. The van der Waals surface area contributed by atoms with E-state index in [-0.39, 0.29) is 24.9 Å². The first-order chi connectivity index (χ1) is 18.1. The molecule has 2 fully saturated rings. The fourth-order valence-corrected chi connectivity index (χ4v) is 5.46. The van der Waals surface area contributed by atoms with Crippen molar-refractivity contribution in [2.24, 2.45) is 5.92 Å². The average molecular weight is 528 g/mol. The predicted octanol–water partition coefficient (Wildman–Crippen LogP) is 3.38. The first-order valence-corrected chi connectivity index (χ1v) is 13.2. The van der Waals surface area contributed by atoms with Gasteiger partial charge in [-0.15, -0.1) is 0 Å². The van der Waals surface area contributed by atoms with Gasteiger partial charge in [0.05, 0.1) is 44.5 Å². The zero-order valence-corrected chi connectivity index (χ0v) is 21.6. The molecule has 37 heavy (non-hydrogen) atoms. The number of nitriles is 1. The van der Waals surface area contributed by atoms with Crippen molar-refractivity contribution in [3.05, 3.63) is 60.2 Å². The second-order valence-corrected chi connectivity index (χ2v) is 10.2. The number of hydrogen-bond donors (Lipinski definition) is 2. The molecular weight excluding hydrogens is 494 g/mol. The molecule has 9 nitrogen and oxygen atoms in total. The molecule has 0 spiro atoms. The van der Waals surface area contributed by atoms with Gasteiger partial charge in [0, 0.05) is 24.4 Å². The highest BCUT2D eigenvalue weighted by molar-refractivity contribution is 7.97. The molecule has 198 valence electrons. The van der Waals surface area contributed by atoms with Gasteiger partial charge in [-0.05, 0) is 54.6 Å². The molecule has 2 N–H and O–H groups in total. The van der Waals surface area contributed by atoms with Crippen molar-refractivity contribution in [2.75, 3.05) is 33.4 Å². The van der Waals surface area contributed by atoms with Crippen molar-refractivity contribution in [3.8, 4) is 11.8 Å². The summed E-state index contributed by atoms with van der Waals surface area (Å²) in [4.78, 5) is 13.8. The molecule has 1 amide bonds. The lowest BCUT2D eigenvalue weighted by atomic mass is 10.0. The molecule has 2 aliphatic heterocycles. The number of fused-ring (bicyclic) bond motifs is 1. The number of methoxy groups -OCH3 is 1. The van der Waals surface area contributed by atoms with E-state index in [2.05, 4.69) is 11.4 Å². The van der Waals surface area contributed by atoms with Crippen LogP contribution in [0.1, 0.15) is 18.4 Å². The number of amides is 1. The number of hydrogen-bond acceptors (Lipinski definition) is 9. The third-order valence-corrected chi connectivity index (χ3v) is 7.54.